The predicted molar refractivity (Wildman–Crippen MR) is 169 cm³/mol. The first-order chi connectivity index (χ1) is 21.3. The van der Waals surface area contributed by atoms with Gasteiger partial charge in [-0.1, -0.05) is 59.6 Å². The van der Waals surface area contributed by atoms with E-state index < -0.39 is 17.2 Å². The summed E-state index contributed by atoms with van der Waals surface area (Å²) in [6.45, 7) is 1.49. The third kappa shape index (κ3) is 6.94. The van der Waals surface area contributed by atoms with Crippen molar-refractivity contribution < 1.29 is 18.4 Å². The minimum absolute atomic E-state index is 0.0305. The number of carbonyl (C=O) groups excluding carboxylic acids is 2. The molecule has 4 aromatic rings. The number of carbonyl (C=O) groups is 2. The first-order valence-corrected chi connectivity index (χ1v) is 15.5. The van der Waals surface area contributed by atoms with E-state index in [1.165, 1.54) is 28.8 Å². The van der Waals surface area contributed by atoms with Gasteiger partial charge in [0.1, 0.15) is 11.4 Å². The van der Waals surface area contributed by atoms with Crippen LogP contribution >= 0.6 is 11.6 Å². The molecule has 2 heterocycles. The lowest BCUT2D eigenvalue weighted by molar-refractivity contribution is -0.128. The molecule has 1 aliphatic carbocycles. The minimum Gasteiger partial charge on any atom is -0.451 e. The van der Waals surface area contributed by atoms with E-state index >= 15 is 0 Å². The molecule has 1 saturated carbocycles. The van der Waals surface area contributed by atoms with Gasteiger partial charge in [-0.05, 0) is 85.4 Å². The van der Waals surface area contributed by atoms with Gasteiger partial charge in [0.15, 0.2) is 11.2 Å². The van der Waals surface area contributed by atoms with Crippen LogP contribution in [0.3, 0.4) is 0 Å². The summed E-state index contributed by atoms with van der Waals surface area (Å²) in [6.07, 6.45) is 7.94. The Morgan fingerprint density at radius 2 is 1.80 bits per heavy atom. The van der Waals surface area contributed by atoms with Gasteiger partial charge < -0.3 is 14.6 Å². The van der Waals surface area contributed by atoms with Crippen molar-refractivity contribution in [2.75, 3.05) is 6.54 Å². The zero-order valence-corrected chi connectivity index (χ0v) is 25.1. The summed E-state index contributed by atoms with van der Waals surface area (Å²) >= 11 is 6.10. The quantitative estimate of drug-likeness (QED) is 0.211. The number of halogens is 2. The van der Waals surface area contributed by atoms with Crippen molar-refractivity contribution in [3.63, 3.8) is 0 Å². The molecule has 0 bridgehead atoms. The third-order valence-electron chi connectivity index (χ3n) is 8.69. The van der Waals surface area contributed by atoms with Crippen LogP contribution < -0.4 is 10.7 Å². The highest BCUT2D eigenvalue weighted by atomic mass is 35.5. The molecule has 0 spiro atoms. The molecule has 6 rings (SSSR count). The molecule has 0 radical (unpaired) electrons. The number of rotatable bonds is 8. The van der Waals surface area contributed by atoms with Crippen LogP contribution in [0.2, 0.25) is 5.02 Å². The summed E-state index contributed by atoms with van der Waals surface area (Å²) in [5.41, 5.74) is 4.43. The van der Waals surface area contributed by atoms with E-state index in [9.17, 15) is 18.8 Å². The predicted octanol–water partition coefficient (Wildman–Crippen LogP) is 7.33. The van der Waals surface area contributed by atoms with E-state index in [0.717, 1.165) is 56.3 Å². The Balaban J connectivity index is 1.19. The molecule has 1 aromatic heterocycles. The van der Waals surface area contributed by atoms with Crippen LogP contribution in [0.4, 0.5) is 4.39 Å². The van der Waals surface area contributed by atoms with Gasteiger partial charge in [0.2, 0.25) is 5.91 Å². The number of allylic oxidation sites excluding steroid dienone is 1. The number of nitrogens with zero attached hydrogens (tertiary/aromatic N) is 1. The first-order valence-electron chi connectivity index (χ1n) is 15.2. The molecule has 8 heteroatoms. The smallest absolute Gasteiger partial charge is 0.287 e. The van der Waals surface area contributed by atoms with E-state index in [0.29, 0.717) is 30.3 Å². The molecule has 226 valence electrons. The second-order valence-electron chi connectivity index (χ2n) is 11.7. The number of fused-ring (bicyclic) bond motifs is 1. The fourth-order valence-electron chi connectivity index (χ4n) is 6.41. The minimum atomic E-state index is -0.550. The molecule has 1 aliphatic heterocycles. The Kier molecular flexibility index (Phi) is 8.94. The molecule has 2 aliphatic rings. The van der Waals surface area contributed by atoms with Gasteiger partial charge >= 0.3 is 0 Å². The fourth-order valence-corrected chi connectivity index (χ4v) is 6.54. The van der Waals surface area contributed by atoms with Crippen molar-refractivity contribution in [2.45, 2.75) is 63.5 Å². The number of hydrogen-bond acceptors (Lipinski definition) is 4. The molecule has 3 aromatic carbocycles. The van der Waals surface area contributed by atoms with Crippen molar-refractivity contribution in [1.29, 1.82) is 0 Å². The topological polar surface area (TPSA) is 79.6 Å². The Morgan fingerprint density at radius 1 is 1.02 bits per heavy atom. The molecule has 1 saturated heterocycles. The van der Waals surface area contributed by atoms with Crippen molar-refractivity contribution in [1.82, 2.24) is 10.2 Å². The summed E-state index contributed by atoms with van der Waals surface area (Å²) < 4.78 is 19.5. The third-order valence-corrected chi connectivity index (χ3v) is 8.94. The molecular formula is C36H34ClFN2O4. The maximum atomic E-state index is 13.8. The molecular weight excluding hydrogens is 579 g/mol. The number of likely N-dealkylation sites (tertiary alicyclic amines) is 1. The van der Waals surface area contributed by atoms with E-state index in [-0.39, 0.29) is 28.7 Å². The summed E-state index contributed by atoms with van der Waals surface area (Å²) in [4.78, 5) is 40.2. The second-order valence-corrected chi connectivity index (χ2v) is 12.2. The van der Waals surface area contributed by atoms with E-state index in [1.807, 2.05) is 35.2 Å². The highest BCUT2D eigenvalue weighted by molar-refractivity contribution is 6.30. The second kappa shape index (κ2) is 13.2. The van der Waals surface area contributed by atoms with Crippen LogP contribution in [0.1, 0.15) is 71.7 Å². The van der Waals surface area contributed by atoms with Gasteiger partial charge in [-0.3, -0.25) is 14.4 Å². The number of hydrogen-bond donors (Lipinski definition) is 1. The van der Waals surface area contributed by atoms with Crippen LogP contribution in [-0.2, 0) is 17.8 Å². The summed E-state index contributed by atoms with van der Waals surface area (Å²) in [6, 6.07) is 20.4. The van der Waals surface area contributed by atoms with E-state index in [2.05, 4.69) is 29.6 Å². The van der Waals surface area contributed by atoms with E-state index in [4.69, 9.17) is 16.0 Å². The van der Waals surface area contributed by atoms with Crippen molar-refractivity contribution in [3.8, 4) is 0 Å². The van der Waals surface area contributed by atoms with Crippen LogP contribution in [0.5, 0.6) is 0 Å². The van der Waals surface area contributed by atoms with Gasteiger partial charge in [-0.2, -0.15) is 0 Å². The average Bonchev–Trinajstić information content (AvgIpc) is 3.42. The zero-order chi connectivity index (χ0) is 30.6. The van der Waals surface area contributed by atoms with Crippen molar-refractivity contribution in [2.24, 2.45) is 0 Å². The molecule has 1 atom stereocenters. The summed E-state index contributed by atoms with van der Waals surface area (Å²) in [5, 5.41) is 3.88. The fraction of sp³-hybridized carbons (Fsp3) is 0.306. The van der Waals surface area contributed by atoms with Gasteiger partial charge in [0.25, 0.3) is 5.91 Å². The Labute approximate surface area is 260 Å². The Hall–Kier alpha value is -4.23. The van der Waals surface area contributed by atoms with E-state index in [1.54, 1.807) is 0 Å². The number of nitrogens with one attached hydrogen (secondary N) is 1. The first kappa shape index (κ1) is 29.8. The standard InChI is InChI=1S/C36H34ClFN2O4/c37-27-13-9-24(10-14-27)19-29(39-36(43)34-21-32(41)31-16-15-28(38)20-33(31)44-34)18-23-7-11-25(12-8-23)30-5-2-1-4-26(30)22-40-17-3-6-35(40)42/h1-2,4-5,9-10,13-16,18,20-21,25,29H,3,6-8,11-12,17,19,22H2,(H,39,43)/t25?,29-/m0/s1. The Morgan fingerprint density at radius 3 is 2.55 bits per heavy atom. The average molecular weight is 613 g/mol. The lowest BCUT2D eigenvalue weighted by atomic mass is 9.79. The van der Waals surface area contributed by atoms with Crippen molar-refractivity contribution in [3.05, 3.63) is 128 Å². The molecule has 2 amide bonds. The van der Waals surface area contributed by atoms with Crippen LogP contribution in [0.25, 0.3) is 11.0 Å². The number of benzene rings is 3. The summed E-state index contributed by atoms with van der Waals surface area (Å²) in [5.74, 6) is -0.617. The molecule has 44 heavy (non-hydrogen) atoms. The monoisotopic (exact) mass is 612 g/mol. The normalized spacial score (nSPS) is 17.6. The highest BCUT2D eigenvalue weighted by Gasteiger charge is 2.25. The van der Waals surface area contributed by atoms with Crippen LogP contribution in [-0.4, -0.2) is 29.3 Å². The van der Waals surface area contributed by atoms with Gasteiger partial charge in [0, 0.05) is 36.7 Å². The lowest BCUT2D eigenvalue weighted by Gasteiger charge is -2.28. The molecule has 1 N–H and O–H groups in total. The largest absolute Gasteiger partial charge is 0.451 e. The molecule has 6 nitrogen and oxygen atoms in total. The Bertz CT molecular complexity index is 1770. The summed E-state index contributed by atoms with van der Waals surface area (Å²) in [7, 11) is 0. The van der Waals surface area contributed by atoms with Crippen molar-refractivity contribution >= 4 is 34.4 Å². The van der Waals surface area contributed by atoms with Crippen LogP contribution in [0.15, 0.2) is 93.7 Å². The molecule has 2 fully saturated rings. The van der Waals surface area contributed by atoms with Gasteiger partial charge in [-0.25, -0.2) is 4.39 Å². The van der Waals surface area contributed by atoms with Gasteiger partial charge in [-0.15, -0.1) is 0 Å². The SMILES string of the molecule is O=C(N[C@@H](C=C1CCC(c2ccccc2CN2CCCC2=O)CC1)Cc1ccc(Cl)cc1)c1cc(=O)c2ccc(F)cc2o1. The lowest BCUT2D eigenvalue weighted by Crippen LogP contribution is -2.36. The maximum Gasteiger partial charge on any atom is 0.287 e. The van der Waals surface area contributed by atoms with Gasteiger partial charge in [0.05, 0.1) is 11.4 Å². The molecule has 0 unspecified atom stereocenters. The van der Waals surface area contributed by atoms with Crippen LogP contribution in [0, 0.1) is 5.82 Å². The maximum absolute atomic E-state index is 13.8. The highest BCUT2D eigenvalue weighted by Crippen LogP contribution is 2.37. The number of amides is 2. The zero-order valence-electron chi connectivity index (χ0n) is 24.4.